The molecule has 0 spiro atoms. The van der Waals surface area contributed by atoms with Gasteiger partial charge in [0.15, 0.2) is 23.1 Å². The van der Waals surface area contributed by atoms with E-state index in [1.807, 2.05) is 4.90 Å². The van der Waals surface area contributed by atoms with Crippen molar-refractivity contribution in [3.63, 3.8) is 0 Å². The Labute approximate surface area is 237 Å². The lowest BCUT2D eigenvalue weighted by molar-refractivity contribution is -0.171. The molecular formula is C30H34N2O9. The van der Waals surface area contributed by atoms with Gasteiger partial charge in [-0.3, -0.25) is 29.0 Å². The number of nitrogens with zero attached hydrogens (tertiary/aromatic N) is 2. The van der Waals surface area contributed by atoms with Crippen molar-refractivity contribution in [3.05, 3.63) is 56.6 Å². The monoisotopic (exact) mass is 566 g/mol. The zero-order chi connectivity index (χ0) is 30.1. The standard InChI is InChI=1S/C30H34N2O9/c1-8-12(2)30(38)41-11-19-20-15(23(33)13(3)27(39-6)25(20)35)9-17-22-21-16(10-18(31(22)5)29(37)32(17)19)24(34)14(4)28(40-7)26(21)36/h8,17-19,22,29,37H,9-11H2,1-7H3/b12-8-/t17-,18-,19-,22+,29-/m0/s1. The van der Waals surface area contributed by atoms with E-state index in [1.165, 1.54) is 21.1 Å². The number of hydrogen-bond donors (Lipinski definition) is 1. The Morgan fingerprint density at radius 1 is 0.902 bits per heavy atom. The highest BCUT2D eigenvalue weighted by Crippen LogP contribution is 2.48. The highest BCUT2D eigenvalue weighted by atomic mass is 16.5. The topological polar surface area (TPSA) is 140 Å². The fourth-order valence-corrected chi connectivity index (χ4v) is 6.97. The van der Waals surface area contributed by atoms with E-state index in [0.29, 0.717) is 11.1 Å². The van der Waals surface area contributed by atoms with Crippen LogP contribution in [0.1, 0.15) is 40.5 Å². The van der Waals surface area contributed by atoms with Crippen LogP contribution >= 0.6 is 0 Å². The Morgan fingerprint density at radius 2 is 1.41 bits per heavy atom. The number of Topliss-reactive ketones (excluding diaryl/α,β-unsaturated/α-hetero) is 4. The first kappa shape index (κ1) is 28.8. The van der Waals surface area contributed by atoms with Gasteiger partial charge >= 0.3 is 5.97 Å². The number of piperazine rings is 1. The molecule has 3 aliphatic heterocycles. The summed E-state index contributed by atoms with van der Waals surface area (Å²) < 4.78 is 16.3. The molecule has 2 bridgehead atoms. The minimum atomic E-state index is -1.22. The number of esters is 1. The van der Waals surface area contributed by atoms with E-state index in [4.69, 9.17) is 14.2 Å². The molecule has 5 atom stereocenters. The van der Waals surface area contributed by atoms with E-state index in [9.17, 15) is 29.1 Å². The molecule has 3 heterocycles. The maximum absolute atomic E-state index is 13.8. The van der Waals surface area contributed by atoms with Gasteiger partial charge in [0, 0.05) is 45.1 Å². The van der Waals surface area contributed by atoms with E-state index < -0.39 is 47.9 Å². The third-order valence-electron chi connectivity index (χ3n) is 9.17. The van der Waals surface area contributed by atoms with Crippen molar-refractivity contribution in [2.45, 2.75) is 70.9 Å². The van der Waals surface area contributed by atoms with Gasteiger partial charge in [0.25, 0.3) is 0 Å². The Kier molecular flexibility index (Phi) is 7.25. The number of fused-ring (bicyclic) bond motifs is 5. The molecule has 0 aromatic rings. The number of aliphatic hydroxyl groups is 1. The van der Waals surface area contributed by atoms with E-state index >= 15 is 0 Å². The summed E-state index contributed by atoms with van der Waals surface area (Å²) in [4.78, 5) is 70.7. The van der Waals surface area contributed by atoms with Crippen LogP contribution in [0.15, 0.2) is 56.6 Å². The third-order valence-corrected chi connectivity index (χ3v) is 9.17. The molecular weight excluding hydrogens is 532 g/mol. The van der Waals surface area contributed by atoms with E-state index in [0.717, 1.165) is 0 Å². The summed E-state index contributed by atoms with van der Waals surface area (Å²) in [5.41, 5.74) is 1.65. The number of carbonyl (C=O) groups excluding carboxylic acids is 5. The molecule has 0 amide bonds. The van der Waals surface area contributed by atoms with Crippen LogP contribution in [0.25, 0.3) is 0 Å². The Balaban J connectivity index is 1.67. The average molecular weight is 567 g/mol. The highest BCUT2D eigenvalue weighted by molar-refractivity contribution is 6.26. The number of rotatable bonds is 5. The molecule has 0 unspecified atom stereocenters. The van der Waals surface area contributed by atoms with Crippen LogP contribution in [0.3, 0.4) is 0 Å². The molecule has 1 saturated heterocycles. The first-order valence-electron chi connectivity index (χ1n) is 13.5. The Morgan fingerprint density at radius 3 is 1.95 bits per heavy atom. The number of carbonyl (C=O) groups is 5. The minimum absolute atomic E-state index is 0.0224. The van der Waals surface area contributed by atoms with Crippen molar-refractivity contribution in [2.24, 2.45) is 0 Å². The summed E-state index contributed by atoms with van der Waals surface area (Å²) in [5, 5.41) is 11.8. The van der Waals surface area contributed by atoms with Crippen LogP contribution < -0.4 is 0 Å². The van der Waals surface area contributed by atoms with Gasteiger partial charge in [0.2, 0.25) is 11.6 Å². The molecule has 0 aromatic heterocycles. The number of ether oxygens (including phenoxy) is 3. The van der Waals surface area contributed by atoms with Crippen LogP contribution in [-0.2, 0) is 38.2 Å². The maximum atomic E-state index is 13.8. The second-order valence-electron chi connectivity index (χ2n) is 11.0. The van der Waals surface area contributed by atoms with Gasteiger partial charge in [-0.2, -0.15) is 0 Å². The lowest BCUT2D eigenvalue weighted by Crippen LogP contribution is -2.74. The quantitative estimate of drug-likeness (QED) is 0.290. The number of likely N-dealkylation sites (N-methyl/N-ethyl adjacent to an activating group) is 1. The summed E-state index contributed by atoms with van der Waals surface area (Å²) in [6.07, 6.45) is 0.498. The molecule has 11 heteroatoms. The van der Waals surface area contributed by atoms with E-state index in [1.54, 1.807) is 38.8 Å². The van der Waals surface area contributed by atoms with Crippen molar-refractivity contribution < 1.29 is 43.3 Å². The number of ketones is 4. The van der Waals surface area contributed by atoms with Crippen molar-refractivity contribution in [3.8, 4) is 0 Å². The molecule has 1 N–H and O–H groups in total. The minimum Gasteiger partial charge on any atom is -0.492 e. The number of hydrogen-bond acceptors (Lipinski definition) is 11. The van der Waals surface area contributed by atoms with Crippen LogP contribution in [0.4, 0.5) is 0 Å². The average Bonchev–Trinajstić information content (AvgIpc) is 2.95. The van der Waals surface area contributed by atoms with Crippen LogP contribution in [0, 0.1) is 0 Å². The molecule has 0 aromatic carbocycles. The summed E-state index contributed by atoms with van der Waals surface area (Å²) in [7, 11) is 4.42. The molecule has 11 nitrogen and oxygen atoms in total. The van der Waals surface area contributed by atoms with Gasteiger partial charge in [0.1, 0.15) is 12.8 Å². The number of aliphatic hydroxyl groups excluding tert-OH is 1. The molecule has 1 fully saturated rings. The van der Waals surface area contributed by atoms with Crippen LogP contribution in [0.2, 0.25) is 0 Å². The molecule has 5 aliphatic rings. The fraction of sp³-hybridized carbons (Fsp3) is 0.500. The highest BCUT2D eigenvalue weighted by Gasteiger charge is 2.59. The predicted molar refractivity (Wildman–Crippen MR) is 144 cm³/mol. The van der Waals surface area contributed by atoms with Gasteiger partial charge in [0.05, 0.1) is 32.3 Å². The third kappa shape index (κ3) is 4.01. The molecule has 2 aliphatic carbocycles. The van der Waals surface area contributed by atoms with Gasteiger partial charge in [-0.1, -0.05) is 6.08 Å². The van der Waals surface area contributed by atoms with Gasteiger partial charge in [-0.15, -0.1) is 0 Å². The number of allylic oxidation sites excluding steroid dienone is 5. The van der Waals surface area contributed by atoms with E-state index in [2.05, 4.69) is 0 Å². The summed E-state index contributed by atoms with van der Waals surface area (Å²) in [5.74, 6) is -2.36. The molecule has 0 saturated carbocycles. The lowest BCUT2D eigenvalue weighted by Gasteiger charge is -2.60. The summed E-state index contributed by atoms with van der Waals surface area (Å²) >= 11 is 0. The predicted octanol–water partition coefficient (Wildman–Crippen LogP) is 1.08. The maximum Gasteiger partial charge on any atom is 0.333 e. The Bertz CT molecular complexity index is 1460. The molecule has 218 valence electrons. The molecule has 5 rings (SSSR count). The van der Waals surface area contributed by atoms with Crippen molar-refractivity contribution in [1.82, 2.24) is 9.80 Å². The van der Waals surface area contributed by atoms with Crippen molar-refractivity contribution in [1.29, 1.82) is 0 Å². The zero-order valence-corrected chi connectivity index (χ0v) is 24.2. The normalized spacial score (nSPS) is 30.9. The van der Waals surface area contributed by atoms with Gasteiger partial charge < -0.3 is 19.3 Å². The SMILES string of the molecule is C/C=C(/C)C(=O)OC[C@H]1C2=C(C[C@H]3[C@@H]4C5=C(C[C@@H]([C@H](O)N13)N4C)C(=O)C(C)=C(OC)C5=O)C(=O)C(C)=C(OC)C2=O. The summed E-state index contributed by atoms with van der Waals surface area (Å²) in [6.45, 7) is 6.03. The van der Waals surface area contributed by atoms with Crippen molar-refractivity contribution in [2.75, 3.05) is 27.9 Å². The van der Waals surface area contributed by atoms with Gasteiger partial charge in [-0.05, 0) is 47.6 Å². The number of methoxy groups -OCH3 is 2. The lowest BCUT2D eigenvalue weighted by atomic mass is 9.68. The molecule has 41 heavy (non-hydrogen) atoms. The smallest absolute Gasteiger partial charge is 0.333 e. The Hall–Kier alpha value is -3.67. The van der Waals surface area contributed by atoms with Crippen molar-refractivity contribution >= 4 is 29.1 Å². The van der Waals surface area contributed by atoms with Gasteiger partial charge in [-0.25, -0.2) is 4.79 Å². The first-order chi connectivity index (χ1) is 19.4. The molecule has 0 radical (unpaired) electrons. The first-order valence-corrected chi connectivity index (χ1v) is 13.5. The fourth-order valence-electron chi connectivity index (χ4n) is 6.97. The largest absolute Gasteiger partial charge is 0.492 e. The zero-order valence-electron chi connectivity index (χ0n) is 24.2. The van der Waals surface area contributed by atoms with Crippen LogP contribution in [-0.4, -0.2) is 102 Å². The second kappa shape index (κ2) is 10.3. The second-order valence-corrected chi connectivity index (χ2v) is 11.0. The van der Waals surface area contributed by atoms with E-state index in [-0.39, 0.29) is 70.4 Å². The summed E-state index contributed by atoms with van der Waals surface area (Å²) in [6, 6.07) is -3.03. The van der Waals surface area contributed by atoms with Crippen LogP contribution in [0.5, 0.6) is 0 Å².